The van der Waals surface area contributed by atoms with E-state index in [1.165, 1.54) is 62.9 Å². The summed E-state index contributed by atoms with van der Waals surface area (Å²) in [6.45, 7) is 5.69. The molecule has 1 unspecified atom stereocenters. The highest BCUT2D eigenvalue weighted by Crippen LogP contribution is 2.60. The summed E-state index contributed by atoms with van der Waals surface area (Å²) < 4.78 is 0. The van der Waals surface area contributed by atoms with Crippen LogP contribution in [-0.4, -0.2) is 32.6 Å². The van der Waals surface area contributed by atoms with Gasteiger partial charge in [0.25, 0.3) is 0 Å². The van der Waals surface area contributed by atoms with Crippen molar-refractivity contribution in [2.45, 2.75) is 51.5 Å². The summed E-state index contributed by atoms with van der Waals surface area (Å²) in [4.78, 5) is 6.94. The number of benzene rings is 1. The summed E-state index contributed by atoms with van der Waals surface area (Å²) in [6.07, 6.45) is 8.31. The second kappa shape index (κ2) is 8.36. The van der Waals surface area contributed by atoms with Crippen molar-refractivity contribution in [3.63, 3.8) is 0 Å². The van der Waals surface area contributed by atoms with Crippen LogP contribution < -0.4 is 15.5 Å². The molecule has 2 saturated carbocycles. The van der Waals surface area contributed by atoms with E-state index in [0.717, 1.165) is 18.4 Å². The van der Waals surface area contributed by atoms with Crippen molar-refractivity contribution >= 4 is 35.6 Å². The van der Waals surface area contributed by atoms with Crippen LogP contribution in [0.25, 0.3) is 0 Å². The summed E-state index contributed by atoms with van der Waals surface area (Å²) in [5, 5.41) is 7.17. The SMILES string of the molecule is CN=C(NCC1(C2CC2)CC1)NC(C)c1cccc(N2CCCC2)c1.I. The van der Waals surface area contributed by atoms with Crippen molar-refractivity contribution in [1.82, 2.24) is 10.6 Å². The van der Waals surface area contributed by atoms with Gasteiger partial charge in [-0.25, -0.2) is 0 Å². The van der Waals surface area contributed by atoms with Crippen LogP contribution in [0.1, 0.15) is 57.1 Å². The molecule has 0 amide bonds. The van der Waals surface area contributed by atoms with Crippen LogP contribution in [0.15, 0.2) is 29.3 Å². The van der Waals surface area contributed by atoms with E-state index in [-0.39, 0.29) is 30.0 Å². The Hall–Kier alpha value is -0.980. The van der Waals surface area contributed by atoms with Gasteiger partial charge in [-0.15, -0.1) is 24.0 Å². The van der Waals surface area contributed by atoms with Crippen molar-refractivity contribution in [3.05, 3.63) is 29.8 Å². The lowest BCUT2D eigenvalue weighted by Gasteiger charge is -2.23. The molecular formula is C21H33IN4. The van der Waals surface area contributed by atoms with Gasteiger partial charge in [-0.2, -0.15) is 0 Å². The van der Waals surface area contributed by atoms with E-state index in [2.05, 4.69) is 51.7 Å². The monoisotopic (exact) mass is 468 g/mol. The van der Waals surface area contributed by atoms with Crippen molar-refractivity contribution in [3.8, 4) is 0 Å². The summed E-state index contributed by atoms with van der Waals surface area (Å²) in [6, 6.07) is 9.23. The Morgan fingerprint density at radius 3 is 2.62 bits per heavy atom. The maximum absolute atomic E-state index is 4.45. The summed E-state index contributed by atoms with van der Waals surface area (Å²) in [5.74, 6) is 1.92. The van der Waals surface area contributed by atoms with E-state index >= 15 is 0 Å². The van der Waals surface area contributed by atoms with Gasteiger partial charge < -0.3 is 15.5 Å². The summed E-state index contributed by atoms with van der Waals surface area (Å²) >= 11 is 0. The lowest BCUT2D eigenvalue weighted by molar-refractivity contribution is 0.430. The Bertz CT molecular complexity index is 631. The second-order valence-electron chi connectivity index (χ2n) is 8.22. The van der Waals surface area contributed by atoms with Gasteiger partial charge in [0.1, 0.15) is 0 Å². The second-order valence-corrected chi connectivity index (χ2v) is 8.22. The molecule has 3 fully saturated rings. The molecule has 0 bridgehead atoms. The minimum Gasteiger partial charge on any atom is -0.372 e. The number of nitrogens with zero attached hydrogens (tertiary/aromatic N) is 2. The van der Waals surface area contributed by atoms with Gasteiger partial charge in [0.05, 0.1) is 6.04 Å². The van der Waals surface area contributed by atoms with E-state index in [1.54, 1.807) is 0 Å². The van der Waals surface area contributed by atoms with Crippen LogP contribution in [-0.2, 0) is 0 Å². The molecule has 1 heterocycles. The average Bonchev–Trinajstić information content (AvgIpc) is 3.56. The first-order valence-corrected chi connectivity index (χ1v) is 10.0. The maximum atomic E-state index is 4.45. The first-order valence-electron chi connectivity index (χ1n) is 10.0. The number of anilines is 1. The molecule has 1 atom stereocenters. The van der Waals surface area contributed by atoms with Gasteiger partial charge in [0.2, 0.25) is 0 Å². The quantitative estimate of drug-likeness (QED) is 0.371. The molecule has 3 aliphatic rings. The Labute approximate surface area is 175 Å². The predicted octanol–water partition coefficient (Wildman–Crippen LogP) is 4.32. The van der Waals surface area contributed by atoms with Crippen molar-refractivity contribution < 1.29 is 0 Å². The van der Waals surface area contributed by atoms with E-state index in [1.807, 2.05) is 7.05 Å². The largest absolute Gasteiger partial charge is 0.372 e. The molecule has 2 aliphatic carbocycles. The van der Waals surface area contributed by atoms with Crippen molar-refractivity contribution in [1.29, 1.82) is 0 Å². The molecule has 5 heteroatoms. The van der Waals surface area contributed by atoms with E-state index in [0.29, 0.717) is 5.41 Å². The zero-order valence-electron chi connectivity index (χ0n) is 16.1. The highest BCUT2D eigenvalue weighted by atomic mass is 127. The Morgan fingerprint density at radius 2 is 2.00 bits per heavy atom. The fourth-order valence-corrected chi connectivity index (χ4v) is 4.29. The van der Waals surface area contributed by atoms with Crippen LogP contribution in [0.4, 0.5) is 5.69 Å². The fourth-order valence-electron chi connectivity index (χ4n) is 4.29. The molecule has 1 saturated heterocycles. The van der Waals surface area contributed by atoms with Crippen LogP contribution in [0.5, 0.6) is 0 Å². The molecule has 0 aromatic heterocycles. The first kappa shape index (κ1) is 19.8. The third kappa shape index (κ3) is 4.46. The molecule has 26 heavy (non-hydrogen) atoms. The molecule has 1 aliphatic heterocycles. The number of nitrogens with one attached hydrogen (secondary N) is 2. The molecule has 4 nitrogen and oxygen atoms in total. The molecule has 0 spiro atoms. The number of hydrogen-bond acceptors (Lipinski definition) is 2. The van der Waals surface area contributed by atoms with Crippen LogP contribution in [0.3, 0.4) is 0 Å². The number of hydrogen-bond donors (Lipinski definition) is 2. The lowest BCUT2D eigenvalue weighted by Crippen LogP contribution is -2.41. The molecule has 2 N–H and O–H groups in total. The van der Waals surface area contributed by atoms with Crippen molar-refractivity contribution in [2.75, 3.05) is 31.6 Å². The Morgan fingerprint density at radius 1 is 1.27 bits per heavy atom. The fraction of sp³-hybridized carbons (Fsp3) is 0.667. The maximum Gasteiger partial charge on any atom is 0.191 e. The lowest BCUT2D eigenvalue weighted by atomic mass is 10.0. The average molecular weight is 468 g/mol. The zero-order chi connectivity index (χ0) is 17.3. The van der Waals surface area contributed by atoms with Gasteiger partial charge in [-0.05, 0) is 74.5 Å². The summed E-state index contributed by atoms with van der Waals surface area (Å²) in [7, 11) is 1.87. The zero-order valence-corrected chi connectivity index (χ0v) is 18.5. The Kier molecular flexibility index (Phi) is 6.36. The van der Waals surface area contributed by atoms with Crippen LogP contribution in [0, 0.1) is 11.3 Å². The topological polar surface area (TPSA) is 39.7 Å². The van der Waals surface area contributed by atoms with E-state index in [4.69, 9.17) is 0 Å². The van der Waals surface area contributed by atoms with Crippen LogP contribution >= 0.6 is 24.0 Å². The van der Waals surface area contributed by atoms with Crippen molar-refractivity contribution in [2.24, 2.45) is 16.3 Å². The highest BCUT2D eigenvalue weighted by Gasteiger charge is 2.53. The van der Waals surface area contributed by atoms with Gasteiger partial charge >= 0.3 is 0 Å². The first-order chi connectivity index (χ1) is 12.2. The van der Waals surface area contributed by atoms with Gasteiger partial charge in [-0.3, -0.25) is 4.99 Å². The number of halogens is 1. The standard InChI is InChI=1S/C21H32N4.HI/c1-16(17-6-5-7-19(14-17)25-12-3-4-13-25)24-20(22-2)23-15-21(10-11-21)18-8-9-18;/h5-7,14,16,18H,3-4,8-13,15H2,1-2H3,(H2,22,23,24);1H. The minimum atomic E-state index is 0. The molecule has 1 aromatic carbocycles. The molecule has 4 rings (SSSR count). The number of rotatable bonds is 6. The van der Waals surface area contributed by atoms with Crippen LogP contribution in [0.2, 0.25) is 0 Å². The molecule has 0 radical (unpaired) electrons. The van der Waals surface area contributed by atoms with Gasteiger partial charge in [0, 0.05) is 32.4 Å². The minimum absolute atomic E-state index is 0. The van der Waals surface area contributed by atoms with Gasteiger partial charge in [-0.1, -0.05) is 12.1 Å². The smallest absolute Gasteiger partial charge is 0.191 e. The summed E-state index contributed by atoms with van der Waals surface area (Å²) in [5.41, 5.74) is 3.28. The van der Waals surface area contributed by atoms with Gasteiger partial charge in [0.15, 0.2) is 5.96 Å². The number of aliphatic imine (C=N–C) groups is 1. The number of guanidine groups is 1. The van der Waals surface area contributed by atoms with E-state index < -0.39 is 0 Å². The molecular weight excluding hydrogens is 435 g/mol. The molecule has 1 aromatic rings. The molecule has 144 valence electrons. The normalized spacial score (nSPS) is 22.5. The third-order valence-corrected chi connectivity index (χ3v) is 6.36. The Balaban J connectivity index is 0.00000196. The predicted molar refractivity (Wildman–Crippen MR) is 121 cm³/mol. The third-order valence-electron chi connectivity index (χ3n) is 6.36. The highest BCUT2D eigenvalue weighted by molar-refractivity contribution is 14.0. The van der Waals surface area contributed by atoms with E-state index in [9.17, 15) is 0 Å².